The third-order valence-corrected chi connectivity index (χ3v) is 18.8. The molecule has 0 fully saturated rings. The fourth-order valence-electron chi connectivity index (χ4n) is 5.82. The van der Waals surface area contributed by atoms with Gasteiger partial charge in [0.2, 0.25) is 5.78 Å². The van der Waals surface area contributed by atoms with Crippen LogP contribution in [0.4, 0.5) is 0 Å². The summed E-state index contributed by atoms with van der Waals surface area (Å²) in [5, 5.41) is 8.66. The molecule has 0 spiro atoms. The summed E-state index contributed by atoms with van der Waals surface area (Å²) in [7, 11) is 1.60. The minimum atomic E-state index is -1.39. The van der Waals surface area contributed by atoms with Crippen LogP contribution in [0, 0.1) is 0 Å². The van der Waals surface area contributed by atoms with Crippen molar-refractivity contribution >= 4 is 80.5 Å². The summed E-state index contributed by atoms with van der Waals surface area (Å²) < 4.78 is 13.9. The first-order chi connectivity index (χ1) is 28.6. The first-order valence-electron chi connectivity index (χ1n) is 18.5. The average molecular weight is 1030 g/mol. The van der Waals surface area contributed by atoms with Gasteiger partial charge < -0.3 is 4.74 Å². The number of carbonyl (C=O) groups excluding carboxylic acids is 1. The number of benzene rings is 7. The summed E-state index contributed by atoms with van der Waals surface area (Å²) in [6.45, 7) is 1.91. The second-order valence-corrected chi connectivity index (χ2v) is 21.9. The van der Waals surface area contributed by atoms with Crippen LogP contribution in [-0.2, 0) is 21.1 Å². The Labute approximate surface area is 368 Å². The van der Waals surface area contributed by atoms with Crippen LogP contribution in [0.5, 0.6) is 5.75 Å². The first kappa shape index (κ1) is 44.3. The maximum absolute atomic E-state index is 11.5. The van der Waals surface area contributed by atoms with Crippen LogP contribution in [-0.4, -0.2) is 47.9 Å². The molecule has 1 aliphatic rings. The van der Waals surface area contributed by atoms with Gasteiger partial charge in [0.15, 0.2) is 0 Å². The van der Waals surface area contributed by atoms with Gasteiger partial charge in [-0.3, -0.25) is 4.79 Å². The number of ketones is 1. The van der Waals surface area contributed by atoms with Crippen molar-refractivity contribution in [1.29, 1.82) is 0 Å². The SMILES string of the molecule is COc1ccc(=N/N=C2/C=C(C)C=CC2=O)[cH-]c1.[Br][Ru+].c1ccc([As](c2ccccc2)c2ccccc2)cc1.c1ccc([As](c2ccccc2)c2ccccc2)cc1. The molecular formula is C50H43As2BrN2O2Ru. The summed E-state index contributed by atoms with van der Waals surface area (Å²) >= 11 is 2.25. The van der Waals surface area contributed by atoms with Crippen molar-refractivity contribution in [3.63, 3.8) is 0 Å². The van der Waals surface area contributed by atoms with Crippen molar-refractivity contribution < 1.29 is 25.9 Å². The number of nitrogens with zero attached hydrogens (tertiary/aromatic N) is 2. The molecule has 0 aliphatic heterocycles. The van der Waals surface area contributed by atoms with E-state index in [2.05, 4.69) is 222 Å². The van der Waals surface area contributed by atoms with Gasteiger partial charge in [0.05, 0.1) is 7.11 Å². The zero-order valence-corrected chi connectivity index (χ0v) is 39.3. The Kier molecular flexibility index (Phi) is 19.0. The van der Waals surface area contributed by atoms with Gasteiger partial charge in [-0.2, -0.15) is 5.10 Å². The molecule has 1 aliphatic carbocycles. The van der Waals surface area contributed by atoms with Gasteiger partial charge in [-0.1, -0.05) is 6.08 Å². The van der Waals surface area contributed by atoms with Crippen LogP contribution in [0.15, 0.2) is 240 Å². The van der Waals surface area contributed by atoms with E-state index in [1.165, 1.54) is 32.2 Å². The number of hydrogen-bond donors (Lipinski definition) is 0. The second kappa shape index (κ2) is 24.8. The van der Waals surface area contributed by atoms with Gasteiger partial charge in [0.1, 0.15) is 5.71 Å². The number of methoxy groups -OCH3 is 1. The van der Waals surface area contributed by atoms with Crippen molar-refractivity contribution in [2.24, 2.45) is 10.2 Å². The van der Waals surface area contributed by atoms with E-state index in [0.717, 1.165) is 11.3 Å². The molecule has 0 N–H and O–H groups in total. The molecular weight excluding hydrogens is 991 g/mol. The van der Waals surface area contributed by atoms with Crippen LogP contribution in [0.1, 0.15) is 6.92 Å². The van der Waals surface area contributed by atoms with Gasteiger partial charge >= 0.3 is 267 Å². The third kappa shape index (κ3) is 13.6. The number of rotatable bonds is 8. The van der Waals surface area contributed by atoms with Crippen molar-refractivity contribution in [2.75, 3.05) is 7.11 Å². The molecule has 0 radical (unpaired) electrons. The molecule has 290 valence electrons. The number of carbonyl (C=O) groups is 1. The molecule has 0 amide bonds. The van der Waals surface area contributed by atoms with Gasteiger partial charge in [0.25, 0.3) is 0 Å². The second-order valence-electron chi connectivity index (χ2n) is 12.6. The zero-order chi connectivity index (χ0) is 40.8. The molecule has 0 unspecified atom stereocenters. The Balaban J connectivity index is 0.000000162. The van der Waals surface area contributed by atoms with E-state index in [9.17, 15) is 4.79 Å². The van der Waals surface area contributed by atoms with E-state index in [1.807, 2.05) is 6.92 Å². The van der Waals surface area contributed by atoms with Gasteiger partial charge in [0, 0.05) is 5.75 Å². The zero-order valence-electron chi connectivity index (χ0n) is 32.2. The number of allylic oxidation sites excluding steroid dienone is 4. The van der Waals surface area contributed by atoms with E-state index in [1.54, 1.807) is 43.5 Å². The Hall–Kier alpha value is -4.82. The van der Waals surface area contributed by atoms with Gasteiger partial charge in [-0.25, -0.2) is 0 Å². The standard InChI is InChI=1S/2C18H15As.C14H13N2O2.BrH.Ru/c2*1-4-10-16(11-5-1)19(17-12-6-2-7-13-17)18-14-8-3-9-15-18;1-10-3-8-14(17)13(9-10)16-15-11-4-6-12(18-2)7-5-11;;/h2*1-15H;3-9H,1-2H3;1H;/q;;-1;;+2/p-1/b;;16-13-;;. The molecule has 0 aromatic heterocycles. The summed E-state index contributed by atoms with van der Waals surface area (Å²) in [6.07, 6.45) is 4.97. The third-order valence-electron chi connectivity index (χ3n) is 8.55. The normalized spacial score (nSPS) is 12.2. The molecule has 7 aromatic carbocycles. The molecule has 8 heteroatoms. The van der Waals surface area contributed by atoms with Crippen LogP contribution < -0.4 is 36.2 Å². The fourth-order valence-corrected chi connectivity index (χ4v) is 15.5. The number of halogens is 1. The van der Waals surface area contributed by atoms with Crippen molar-refractivity contribution in [1.82, 2.24) is 0 Å². The Bertz CT molecular complexity index is 2100. The van der Waals surface area contributed by atoms with E-state index in [4.69, 9.17) is 4.74 Å². The molecule has 0 heterocycles. The molecule has 0 saturated carbocycles. The summed E-state index contributed by atoms with van der Waals surface area (Å²) in [6, 6.07) is 72.6. The Morgan fingerprint density at radius 2 is 0.845 bits per heavy atom. The first-order valence-corrected chi connectivity index (χ1v) is 28.1. The van der Waals surface area contributed by atoms with Gasteiger partial charge in [-0.05, 0) is 30.0 Å². The molecule has 4 nitrogen and oxygen atoms in total. The van der Waals surface area contributed by atoms with Crippen molar-refractivity contribution in [2.45, 2.75) is 6.92 Å². The van der Waals surface area contributed by atoms with Crippen LogP contribution in [0.25, 0.3) is 0 Å². The summed E-state index contributed by atoms with van der Waals surface area (Å²) in [5.41, 5.74) is 1.34. The molecule has 8 rings (SSSR count). The molecule has 7 aromatic rings. The van der Waals surface area contributed by atoms with E-state index >= 15 is 0 Å². The molecule has 0 bridgehead atoms. The quantitative estimate of drug-likeness (QED) is 0.0714. The van der Waals surface area contributed by atoms with E-state index in [0.29, 0.717) is 11.1 Å². The monoisotopic (exact) mass is 1030 g/mol. The number of ether oxygens (including phenoxy) is 1. The predicted octanol–water partition coefficient (Wildman–Crippen LogP) is 7.00. The molecule has 0 atom stereocenters. The molecule has 0 saturated heterocycles. The number of hydrogen-bond acceptors (Lipinski definition) is 4. The average Bonchev–Trinajstić information content (AvgIpc) is 3.30. The fraction of sp³-hybridized carbons (Fsp3) is 0.0400. The Morgan fingerprint density at radius 1 is 0.500 bits per heavy atom. The minimum absolute atomic E-state index is 0.127. The van der Waals surface area contributed by atoms with Crippen molar-refractivity contribution in [3.8, 4) is 5.75 Å². The molecule has 58 heavy (non-hydrogen) atoms. The van der Waals surface area contributed by atoms with Gasteiger partial charge in [-0.15, -0.1) is 29.4 Å². The van der Waals surface area contributed by atoms with Crippen LogP contribution >= 0.6 is 13.6 Å². The maximum atomic E-state index is 11.5. The summed E-state index contributed by atoms with van der Waals surface area (Å²) in [4.78, 5) is 11.5. The topological polar surface area (TPSA) is 51.0 Å². The van der Waals surface area contributed by atoms with Crippen molar-refractivity contribution in [3.05, 3.63) is 235 Å². The van der Waals surface area contributed by atoms with E-state index in [-0.39, 0.29) is 5.78 Å². The van der Waals surface area contributed by atoms with Crippen LogP contribution in [0.2, 0.25) is 0 Å². The summed E-state index contributed by atoms with van der Waals surface area (Å²) in [5.74, 6) is 0.631. The van der Waals surface area contributed by atoms with E-state index < -0.39 is 29.3 Å². The predicted molar refractivity (Wildman–Crippen MR) is 246 cm³/mol. The Morgan fingerprint density at radius 3 is 1.14 bits per heavy atom. The van der Waals surface area contributed by atoms with Crippen LogP contribution in [0.3, 0.4) is 0 Å².